The standard InChI is InChI=1S/C17H15N5O2/c1-3-21(11(2)23)14-6-4-5-12(7-14)15-8-16(24)22-17(20-15)13(9-18)10-19-22/h4-8,10,19H,3H2,1-2H3/i1D3,3D2. The zero-order valence-electron chi connectivity index (χ0n) is 17.6. The summed E-state index contributed by atoms with van der Waals surface area (Å²) in [5.41, 5.74) is 0.322. The summed E-state index contributed by atoms with van der Waals surface area (Å²) in [6, 6.07) is 8.94. The van der Waals surface area contributed by atoms with Crippen LogP contribution >= 0.6 is 0 Å². The van der Waals surface area contributed by atoms with Gasteiger partial charge >= 0.3 is 0 Å². The molecule has 3 rings (SSSR count). The van der Waals surface area contributed by atoms with Gasteiger partial charge in [0.15, 0.2) is 5.65 Å². The molecule has 24 heavy (non-hydrogen) atoms. The number of nitrogens with one attached hydrogen (secondary N) is 1. The number of nitriles is 1. The number of aromatic nitrogens is 3. The number of H-pyrrole nitrogens is 1. The smallest absolute Gasteiger partial charge is 0.273 e. The molecule has 7 heteroatoms. The van der Waals surface area contributed by atoms with Crippen LogP contribution in [0.5, 0.6) is 0 Å². The van der Waals surface area contributed by atoms with Gasteiger partial charge in [-0.1, -0.05) is 12.1 Å². The van der Waals surface area contributed by atoms with Crippen LogP contribution in [-0.2, 0) is 4.79 Å². The van der Waals surface area contributed by atoms with Crippen molar-refractivity contribution >= 4 is 17.2 Å². The molecule has 1 aromatic carbocycles. The number of amides is 1. The van der Waals surface area contributed by atoms with Crippen LogP contribution in [-0.4, -0.2) is 27.0 Å². The number of carbonyl (C=O) groups is 1. The van der Waals surface area contributed by atoms with Gasteiger partial charge in [-0.25, -0.2) is 9.50 Å². The zero-order valence-corrected chi connectivity index (χ0v) is 12.6. The number of rotatable bonds is 3. The van der Waals surface area contributed by atoms with Crippen LogP contribution in [0.15, 0.2) is 41.3 Å². The molecule has 0 bridgehead atoms. The summed E-state index contributed by atoms with van der Waals surface area (Å²) in [5, 5.41) is 11.8. The van der Waals surface area contributed by atoms with Crippen molar-refractivity contribution in [3.8, 4) is 17.3 Å². The Bertz CT molecular complexity index is 1210. The fraction of sp³-hybridized carbons (Fsp3) is 0.176. The molecule has 0 saturated carbocycles. The number of hydrogen-bond donors (Lipinski definition) is 1. The van der Waals surface area contributed by atoms with Crippen molar-refractivity contribution in [2.75, 3.05) is 11.4 Å². The monoisotopic (exact) mass is 326 g/mol. The van der Waals surface area contributed by atoms with E-state index in [1.807, 2.05) is 6.07 Å². The van der Waals surface area contributed by atoms with Gasteiger partial charge in [0.2, 0.25) is 5.91 Å². The van der Waals surface area contributed by atoms with E-state index in [0.29, 0.717) is 10.5 Å². The van der Waals surface area contributed by atoms with Crippen molar-refractivity contribution in [2.24, 2.45) is 0 Å². The highest BCUT2D eigenvalue weighted by Gasteiger charge is 2.13. The van der Waals surface area contributed by atoms with E-state index in [1.165, 1.54) is 30.5 Å². The number of benzene rings is 1. The second-order valence-corrected chi connectivity index (χ2v) is 4.95. The van der Waals surface area contributed by atoms with Crippen LogP contribution in [0.4, 0.5) is 5.69 Å². The van der Waals surface area contributed by atoms with Crippen LogP contribution in [0.2, 0.25) is 0 Å². The maximum atomic E-state index is 12.3. The van der Waals surface area contributed by atoms with Crippen LogP contribution in [0.1, 0.15) is 26.2 Å². The molecule has 1 N–H and O–H groups in total. The molecule has 2 aromatic heterocycles. The highest BCUT2D eigenvalue weighted by atomic mass is 16.2. The molecule has 0 atom stereocenters. The molecule has 2 heterocycles. The second kappa shape index (κ2) is 6.01. The summed E-state index contributed by atoms with van der Waals surface area (Å²) in [6.45, 7) is -4.98. The lowest BCUT2D eigenvalue weighted by Gasteiger charge is -2.19. The quantitative estimate of drug-likeness (QED) is 0.795. The number of nitrogens with zero attached hydrogens (tertiary/aromatic N) is 4. The highest BCUT2D eigenvalue weighted by Crippen LogP contribution is 2.23. The number of aromatic amines is 1. The van der Waals surface area contributed by atoms with Gasteiger partial charge in [-0.2, -0.15) is 5.26 Å². The van der Waals surface area contributed by atoms with Crippen LogP contribution in [0.25, 0.3) is 16.9 Å². The molecule has 1 amide bonds. The lowest BCUT2D eigenvalue weighted by atomic mass is 10.1. The minimum Gasteiger partial charge on any atom is -0.313 e. The molecule has 0 aliphatic heterocycles. The molecular weight excluding hydrogens is 306 g/mol. The van der Waals surface area contributed by atoms with Gasteiger partial charge in [0.1, 0.15) is 11.6 Å². The molecule has 0 aliphatic carbocycles. The van der Waals surface area contributed by atoms with Crippen LogP contribution < -0.4 is 10.5 Å². The predicted molar refractivity (Wildman–Crippen MR) is 89.7 cm³/mol. The summed E-state index contributed by atoms with van der Waals surface area (Å²) in [6.07, 6.45) is 1.34. The van der Waals surface area contributed by atoms with Crippen LogP contribution in [0, 0.1) is 11.3 Å². The van der Waals surface area contributed by atoms with Crippen LogP contribution in [0.3, 0.4) is 0 Å². The average molecular weight is 326 g/mol. The third-order valence-corrected chi connectivity index (χ3v) is 3.44. The van der Waals surface area contributed by atoms with E-state index in [2.05, 4.69) is 10.1 Å². The van der Waals surface area contributed by atoms with E-state index in [1.54, 1.807) is 6.07 Å². The number of fused-ring (bicyclic) bond motifs is 1. The lowest BCUT2D eigenvalue weighted by molar-refractivity contribution is -0.116. The van der Waals surface area contributed by atoms with Crippen molar-refractivity contribution in [3.63, 3.8) is 0 Å². The first-order valence-corrected chi connectivity index (χ1v) is 6.90. The molecule has 0 unspecified atom stereocenters. The van der Waals surface area contributed by atoms with Crippen molar-refractivity contribution in [3.05, 3.63) is 52.4 Å². The maximum Gasteiger partial charge on any atom is 0.273 e. The third-order valence-electron chi connectivity index (χ3n) is 3.44. The van der Waals surface area contributed by atoms with E-state index in [4.69, 9.17) is 12.1 Å². The van der Waals surface area contributed by atoms with Gasteiger partial charge in [-0.3, -0.25) is 14.7 Å². The number of anilines is 1. The van der Waals surface area contributed by atoms with Crippen molar-refractivity contribution in [1.82, 2.24) is 14.6 Å². The summed E-state index contributed by atoms with van der Waals surface area (Å²) < 4.78 is 39.3. The summed E-state index contributed by atoms with van der Waals surface area (Å²) >= 11 is 0. The maximum absolute atomic E-state index is 12.3. The van der Waals surface area contributed by atoms with Gasteiger partial charge in [-0.05, 0) is 19.0 Å². The lowest BCUT2D eigenvalue weighted by Crippen LogP contribution is -2.27. The van der Waals surface area contributed by atoms with Gasteiger partial charge in [0.05, 0.1) is 5.69 Å². The average Bonchev–Trinajstić information content (AvgIpc) is 3.04. The Morgan fingerprint density at radius 3 is 3.08 bits per heavy atom. The van der Waals surface area contributed by atoms with Crippen molar-refractivity contribution in [1.29, 1.82) is 5.26 Å². The second-order valence-electron chi connectivity index (χ2n) is 4.95. The summed E-state index contributed by atoms with van der Waals surface area (Å²) in [5.74, 6) is -0.802. The SMILES string of the molecule is [2H]C([2H])([2H])C([2H])([2H])N(C(C)=O)c1cccc(-c2cc(=O)n3[nH]cc(C#N)c3n2)c1. The number of carbonyl (C=O) groups excluding carboxylic acids is 1. The fourth-order valence-electron chi connectivity index (χ4n) is 2.34. The van der Waals surface area contributed by atoms with Gasteiger partial charge in [0.25, 0.3) is 5.56 Å². The third kappa shape index (κ3) is 2.54. The number of hydrogen-bond acceptors (Lipinski definition) is 4. The Kier molecular flexibility index (Phi) is 2.60. The molecule has 0 radical (unpaired) electrons. The molecule has 0 saturated heterocycles. The Morgan fingerprint density at radius 1 is 1.54 bits per heavy atom. The van der Waals surface area contributed by atoms with Gasteiger partial charge < -0.3 is 4.90 Å². The molecule has 3 aromatic rings. The normalized spacial score (nSPS) is 14.8. The van der Waals surface area contributed by atoms with Gasteiger partial charge in [-0.15, -0.1) is 0 Å². The Hall–Kier alpha value is -3.40. The summed E-state index contributed by atoms with van der Waals surface area (Å²) in [4.78, 5) is 29.2. The Labute approximate surface area is 144 Å². The van der Waals surface area contributed by atoms with E-state index < -0.39 is 24.8 Å². The topological polar surface area (TPSA) is 94.3 Å². The van der Waals surface area contributed by atoms with E-state index in [0.717, 1.165) is 11.4 Å². The first-order chi connectivity index (χ1) is 13.5. The van der Waals surface area contributed by atoms with E-state index >= 15 is 0 Å². The zero-order chi connectivity index (χ0) is 21.6. The largest absolute Gasteiger partial charge is 0.313 e. The minimum absolute atomic E-state index is 0.00676. The van der Waals surface area contributed by atoms with E-state index in [9.17, 15) is 9.59 Å². The molecule has 0 aliphatic rings. The molecule has 7 nitrogen and oxygen atoms in total. The van der Waals surface area contributed by atoms with Crippen molar-refractivity contribution in [2.45, 2.75) is 13.8 Å². The summed E-state index contributed by atoms with van der Waals surface area (Å²) in [7, 11) is 0. The fourth-order valence-corrected chi connectivity index (χ4v) is 2.34. The first kappa shape index (κ1) is 10.4. The molecule has 120 valence electrons. The Morgan fingerprint density at radius 2 is 2.38 bits per heavy atom. The van der Waals surface area contributed by atoms with Gasteiger partial charge in [0, 0.05) is 43.8 Å². The minimum atomic E-state index is -3.09. The molecule has 0 spiro atoms. The first-order valence-electron chi connectivity index (χ1n) is 9.40. The molecule has 0 fully saturated rings. The van der Waals surface area contributed by atoms with Crippen molar-refractivity contribution < 1.29 is 11.6 Å². The van der Waals surface area contributed by atoms with E-state index in [-0.39, 0.29) is 22.6 Å². The Balaban J connectivity index is 2.17. The highest BCUT2D eigenvalue weighted by molar-refractivity contribution is 5.92. The predicted octanol–water partition coefficient (Wildman–Crippen LogP) is 1.93. The molecular formula is C17H15N5O2.